The number of benzene rings is 2. The third-order valence-corrected chi connectivity index (χ3v) is 4.90. The number of nitrogens with two attached hydrogens (primary N) is 1. The Morgan fingerprint density at radius 2 is 1.48 bits per heavy atom. The minimum atomic E-state index is 0.0617. The van der Waals surface area contributed by atoms with Crippen LogP contribution in [0.25, 0.3) is 0 Å². The Morgan fingerprint density at radius 1 is 0.905 bits per heavy atom. The van der Waals surface area contributed by atoms with E-state index in [9.17, 15) is 0 Å². The zero-order valence-electron chi connectivity index (χ0n) is 13.5. The highest BCUT2D eigenvalue weighted by Crippen LogP contribution is 2.35. The van der Waals surface area contributed by atoms with Crippen molar-refractivity contribution in [1.29, 1.82) is 0 Å². The lowest BCUT2D eigenvalue weighted by Crippen LogP contribution is -2.46. The molecule has 2 rings (SSSR count). The standard InChI is InChI=1S/C20H27N/c1-4-20(5-2,18-9-7-6-8-10-18)19(21)15-17-13-11-16(3)12-14-17/h6-14,19H,4-5,15,21H2,1-3H3. The molecule has 1 atom stereocenters. The summed E-state index contributed by atoms with van der Waals surface area (Å²) >= 11 is 0. The molecular weight excluding hydrogens is 254 g/mol. The second-order valence-electron chi connectivity index (χ2n) is 6.03. The van der Waals surface area contributed by atoms with Crippen molar-refractivity contribution in [3.05, 3.63) is 71.3 Å². The first-order chi connectivity index (χ1) is 10.1. The highest BCUT2D eigenvalue weighted by atomic mass is 14.7. The zero-order valence-corrected chi connectivity index (χ0v) is 13.5. The van der Waals surface area contributed by atoms with Gasteiger partial charge in [0, 0.05) is 11.5 Å². The SMILES string of the molecule is CCC(CC)(c1ccccc1)C(N)Cc1ccc(C)cc1. The van der Waals surface area contributed by atoms with Crippen molar-refractivity contribution in [2.45, 2.75) is 51.5 Å². The van der Waals surface area contributed by atoms with Gasteiger partial charge in [-0.3, -0.25) is 0 Å². The maximum absolute atomic E-state index is 6.68. The van der Waals surface area contributed by atoms with Crippen molar-refractivity contribution in [3.8, 4) is 0 Å². The number of hydrogen-bond donors (Lipinski definition) is 1. The van der Waals surface area contributed by atoms with Crippen LogP contribution in [0.2, 0.25) is 0 Å². The Bertz CT molecular complexity index is 538. The largest absolute Gasteiger partial charge is 0.327 e. The average molecular weight is 281 g/mol. The highest BCUT2D eigenvalue weighted by molar-refractivity contribution is 5.30. The van der Waals surface area contributed by atoms with Crippen LogP contribution < -0.4 is 5.73 Å². The van der Waals surface area contributed by atoms with Crippen LogP contribution in [0.3, 0.4) is 0 Å². The molecule has 0 radical (unpaired) electrons. The first kappa shape index (κ1) is 15.8. The summed E-state index contributed by atoms with van der Waals surface area (Å²) in [6.45, 7) is 6.63. The van der Waals surface area contributed by atoms with E-state index >= 15 is 0 Å². The molecule has 2 aromatic carbocycles. The summed E-state index contributed by atoms with van der Waals surface area (Å²) in [5.41, 5.74) is 10.7. The fourth-order valence-electron chi connectivity index (χ4n) is 3.34. The average Bonchev–Trinajstić information content (AvgIpc) is 2.52. The van der Waals surface area contributed by atoms with Gasteiger partial charge in [0.05, 0.1) is 0 Å². The Kier molecular flexibility index (Phi) is 5.19. The van der Waals surface area contributed by atoms with Crippen LogP contribution >= 0.6 is 0 Å². The fraction of sp³-hybridized carbons (Fsp3) is 0.400. The Morgan fingerprint density at radius 3 is 2.00 bits per heavy atom. The van der Waals surface area contributed by atoms with E-state index in [1.165, 1.54) is 16.7 Å². The summed E-state index contributed by atoms with van der Waals surface area (Å²) in [7, 11) is 0. The fourth-order valence-corrected chi connectivity index (χ4v) is 3.34. The second kappa shape index (κ2) is 6.91. The molecule has 112 valence electrons. The van der Waals surface area contributed by atoms with E-state index in [1.807, 2.05) is 0 Å². The highest BCUT2D eigenvalue weighted by Gasteiger charge is 2.34. The number of aryl methyl sites for hydroxylation is 1. The molecule has 1 heteroatoms. The Balaban J connectivity index is 2.27. The van der Waals surface area contributed by atoms with Crippen molar-refractivity contribution >= 4 is 0 Å². The molecule has 0 fully saturated rings. The van der Waals surface area contributed by atoms with Crippen LogP contribution in [0, 0.1) is 6.92 Å². The van der Waals surface area contributed by atoms with Crippen molar-refractivity contribution < 1.29 is 0 Å². The van der Waals surface area contributed by atoms with Crippen molar-refractivity contribution in [2.75, 3.05) is 0 Å². The molecule has 0 saturated heterocycles. The Labute approximate surface area is 129 Å². The molecule has 0 amide bonds. The summed E-state index contributed by atoms with van der Waals surface area (Å²) in [6.07, 6.45) is 3.07. The summed E-state index contributed by atoms with van der Waals surface area (Å²) in [4.78, 5) is 0. The topological polar surface area (TPSA) is 26.0 Å². The van der Waals surface area contributed by atoms with Gasteiger partial charge >= 0.3 is 0 Å². The minimum absolute atomic E-state index is 0.0617. The smallest absolute Gasteiger partial charge is 0.0177 e. The molecule has 1 unspecified atom stereocenters. The number of hydrogen-bond acceptors (Lipinski definition) is 1. The van der Waals surface area contributed by atoms with Crippen molar-refractivity contribution in [3.63, 3.8) is 0 Å². The molecule has 21 heavy (non-hydrogen) atoms. The molecule has 0 aliphatic carbocycles. The predicted molar refractivity (Wildman–Crippen MR) is 91.6 cm³/mol. The monoisotopic (exact) mass is 281 g/mol. The van der Waals surface area contributed by atoms with Crippen LogP contribution in [-0.2, 0) is 11.8 Å². The van der Waals surface area contributed by atoms with Gasteiger partial charge in [0.2, 0.25) is 0 Å². The molecule has 2 aromatic rings. The first-order valence-electron chi connectivity index (χ1n) is 7.99. The van der Waals surface area contributed by atoms with Gasteiger partial charge in [0.25, 0.3) is 0 Å². The van der Waals surface area contributed by atoms with Gasteiger partial charge in [0.1, 0.15) is 0 Å². The minimum Gasteiger partial charge on any atom is -0.327 e. The summed E-state index contributed by atoms with van der Waals surface area (Å²) in [5.74, 6) is 0. The van der Waals surface area contributed by atoms with Gasteiger partial charge in [-0.2, -0.15) is 0 Å². The third kappa shape index (κ3) is 3.36. The van der Waals surface area contributed by atoms with Gasteiger partial charge in [-0.15, -0.1) is 0 Å². The molecule has 2 N–H and O–H groups in total. The van der Waals surface area contributed by atoms with E-state index in [0.29, 0.717) is 0 Å². The molecular formula is C20H27N. The molecule has 0 aliphatic heterocycles. The maximum Gasteiger partial charge on any atom is 0.0177 e. The van der Waals surface area contributed by atoms with E-state index in [4.69, 9.17) is 5.73 Å². The van der Waals surface area contributed by atoms with E-state index in [1.54, 1.807) is 0 Å². The number of rotatable bonds is 6. The first-order valence-corrected chi connectivity index (χ1v) is 7.99. The quantitative estimate of drug-likeness (QED) is 0.821. The molecule has 0 spiro atoms. The molecule has 1 nitrogen and oxygen atoms in total. The predicted octanol–water partition coefficient (Wildman–Crippen LogP) is 4.62. The van der Waals surface area contributed by atoms with Crippen molar-refractivity contribution in [1.82, 2.24) is 0 Å². The van der Waals surface area contributed by atoms with E-state index in [0.717, 1.165) is 19.3 Å². The maximum atomic E-state index is 6.68. The van der Waals surface area contributed by atoms with E-state index in [-0.39, 0.29) is 11.5 Å². The second-order valence-corrected chi connectivity index (χ2v) is 6.03. The molecule has 0 aliphatic rings. The Hall–Kier alpha value is -1.60. The summed E-state index contributed by atoms with van der Waals surface area (Å²) < 4.78 is 0. The van der Waals surface area contributed by atoms with Crippen LogP contribution in [0.15, 0.2) is 54.6 Å². The van der Waals surface area contributed by atoms with Gasteiger partial charge < -0.3 is 5.73 Å². The van der Waals surface area contributed by atoms with E-state index < -0.39 is 0 Å². The molecule has 0 aromatic heterocycles. The lowest BCUT2D eigenvalue weighted by atomic mass is 9.69. The van der Waals surface area contributed by atoms with Crippen LogP contribution in [0.1, 0.15) is 43.4 Å². The third-order valence-electron chi connectivity index (χ3n) is 4.90. The normalized spacial score (nSPS) is 13.1. The lowest BCUT2D eigenvalue weighted by Gasteiger charge is -2.38. The summed E-state index contributed by atoms with van der Waals surface area (Å²) in [6, 6.07) is 19.6. The van der Waals surface area contributed by atoms with Gasteiger partial charge in [-0.05, 0) is 37.3 Å². The summed E-state index contributed by atoms with van der Waals surface area (Å²) in [5, 5.41) is 0. The van der Waals surface area contributed by atoms with E-state index in [2.05, 4.69) is 75.4 Å². The molecule has 0 saturated carbocycles. The van der Waals surface area contributed by atoms with Gasteiger partial charge in [-0.25, -0.2) is 0 Å². The van der Waals surface area contributed by atoms with Crippen LogP contribution in [-0.4, -0.2) is 6.04 Å². The van der Waals surface area contributed by atoms with Gasteiger partial charge in [0.15, 0.2) is 0 Å². The molecule has 0 bridgehead atoms. The van der Waals surface area contributed by atoms with Gasteiger partial charge in [-0.1, -0.05) is 74.0 Å². The zero-order chi connectivity index (χ0) is 15.3. The van der Waals surface area contributed by atoms with Crippen LogP contribution in [0.5, 0.6) is 0 Å². The van der Waals surface area contributed by atoms with Crippen LogP contribution in [0.4, 0.5) is 0 Å². The molecule has 0 heterocycles. The lowest BCUT2D eigenvalue weighted by molar-refractivity contribution is 0.315. The van der Waals surface area contributed by atoms with Crippen molar-refractivity contribution in [2.24, 2.45) is 5.73 Å².